The first-order valence-electron chi connectivity index (χ1n) is 4.15. The fourth-order valence-corrected chi connectivity index (χ4v) is 1.36. The van der Waals surface area contributed by atoms with E-state index in [1.165, 1.54) is 12.1 Å². The van der Waals surface area contributed by atoms with Crippen molar-refractivity contribution in [3.05, 3.63) is 34.1 Å². The summed E-state index contributed by atoms with van der Waals surface area (Å²) in [5, 5.41) is 0. The van der Waals surface area contributed by atoms with Crippen molar-refractivity contribution in [1.29, 1.82) is 0 Å². The molecule has 0 aliphatic heterocycles. The Morgan fingerprint density at radius 2 is 2.15 bits per heavy atom. The molecule has 0 saturated carbocycles. The monoisotopic (exact) mass is 246 g/mol. The number of halogens is 2. The highest BCUT2D eigenvalue weighted by atomic mass is 79.9. The number of hydrogen-bond acceptors (Lipinski definition) is 1. The Hall–Kier alpha value is -0.410. The Bertz CT molecular complexity index is 286. The largest absolute Gasteiger partial charge is 0.374 e. The zero-order valence-electron chi connectivity index (χ0n) is 7.68. The molecule has 0 heterocycles. The lowest BCUT2D eigenvalue weighted by molar-refractivity contribution is 0.0653. The third-order valence-corrected chi connectivity index (χ3v) is 2.33. The lowest BCUT2D eigenvalue weighted by Gasteiger charge is -2.08. The van der Waals surface area contributed by atoms with E-state index in [4.69, 9.17) is 4.74 Å². The van der Waals surface area contributed by atoms with E-state index in [0.717, 1.165) is 10.0 Å². The first-order chi connectivity index (χ1) is 6.09. The summed E-state index contributed by atoms with van der Waals surface area (Å²) < 4.78 is 18.8. The minimum atomic E-state index is -0.236. The molecular weight excluding hydrogens is 235 g/mol. The first kappa shape index (κ1) is 10.7. The lowest BCUT2D eigenvalue weighted by Crippen LogP contribution is -2.02. The van der Waals surface area contributed by atoms with Gasteiger partial charge < -0.3 is 4.74 Å². The number of hydrogen-bond donors (Lipinski definition) is 0. The molecule has 0 bridgehead atoms. The van der Waals surface area contributed by atoms with Crippen molar-refractivity contribution in [3.8, 4) is 0 Å². The third kappa shape index (κ3) is 3.44. The Labute approximate surface area is 86.0 Å². The van der Waals surface area contributed by atoms with Crippen molar-refractivity contribution < 1.29 is 9.13 Å². The SMILES string of the molecule is CC(C)OCc1ccc(F)cc1Br. The molecule has 1 rings (SSSR count). The molecule has 0 N–H and O–H groups in total. The summed E-state index contributed by atoms with van der Waals surface area (Å²) in [6.45, 7) is 4.45. The molecule has 0 atom stereocenters. The van der Waals surface area contributed by atoms with Gasteiger partial charge in [-0.2, -0.15) is 0 Å². The molecule has 0 fully saturated rings. The van der Waals surface area contributed by atoms with Gasteiger partial charge >= 0.3 is 0 Å². The fourth-order valence-electron chi connectivity index (χ4n) is 0.895. The van der Waals surface area contributed by atoms with Gasteiger partial charge in [-0.1, -0.05) is 22.0 Å². The van der Waals surface area contributed by atoms with Gasteiger partial charge in [-0.3, -0.25) is 0 Å². The van der Waals surface area contributed by atoms with Crippen molar-refractivity contribution in [2.24, 2.45) is 0 Å². The zero-order chi connectivity index (χ0) is 9.84. The minimum Gasteiger partial charge on any atom is -0.374 e. The molecule has 0 radical (unpaired) electrons. The van der Waals surface area contributed by atoms with Gasteiger partial charge in [0.1, 0.15) is 5.82 Å². The van der Waals surface area contributed by atoms with E-state index >= 15 is 0 Å². The van der Waals surface area contributed by atoms with Crippen LogP contribution in [0.25, 0.3) is 0 Å². The predicted octanol–water partition coefficient (Wildman–Crippen LogP) is 3.51. The maximum absolute atomic E-state index is 12.7. The van der Waals surface area contributed by atoms with Crippen molar-refractivity contribution in [3.63, 3.8) is 0 Å². The highest BCUT2D eigenvalue weighted by Crippen LogP contribution is 2.19. The molecule has 0 aliphatic rings. The molecule has 0 saturated heterocycles. The molecule has 0 unspecified atom stereocenters. The molecule has 1 nitrogen and oxygen atoms in total. The summed E-state index contributed by atoms with van der Waals surface area (Å²) in [5.41, 5.74) is 0.968. The van der Waals surface area contributed by atoms with E-state index in [0.29, 0.717) is 6.61 Å². The summed E-state index contributed by atoms with van der Waals surface area (Å²) in [6, 6.07) is 4.60. The number of ether oxygens (including phenoxy) is 1. The second-order valence-corrected chi connectivity index (χ2v) is 3.95. The smallest absolute Gasteiger partial charge is 0.124 e. The molecule has 3 heteroatoms. The van der Waals surface area contributed by atoms with Crippen LogP contribution in [0.15, 0.2) is 22.7 Å². The number of benzene rings is 1. The molecular formula is C10H12BrFO. The van der Waals surface area contributed by atoms with Crippen LogP contribution in [0.4, 0.5) is 4.39 Å². The molecule has 1 aromatic rings. The van der Waals surface area contributed by atoms with Gasteiger partial charge in [0.05, 0.1) is 12.7 Å². The first-order valence-corrected chi connectivity index (χ1v) is 4.94. The standard InChI is InChI=1S/C10H12BrFO/c1-7(2)13-6-8-3-4-9(12)5-10(8)11/h3-5,7H,6H2,1-2H3. The summed E-state index contributed by atoms with van der Waals surface area (Å²) in [7, 11) is 0. The van der Waals surface area contributed by atoms with Crippen LogP contribution in [0.1, 0.15) is 19.4 Å². The van der Waals surface area contributed by atoms with E-state index in [2.05, 4.69) is 15.9 Å². The van der Waals surface area contributed by atoms with Gasteiger partial charge in [0.2, 0.25) is 0 Å². The Morgan fingerprint density at radius 3 is 2.69 bits per heavy atom. The second kappa shape index (κ2) is 4.72. The molecule has 0 spiro atoms. The Morgan fingerprint density at radius 1 is 1.46 bits per heavy atom. The van der Waals surface area contributed by atoms with Crippen molar-refractivity contribution in [2.45, 2.75) is 26.6 Å². The van der Waals surface area contributed by atoms with Gasteiger partial charge in [0, 0.05) is 4.47 Å². The average Bonchev–Trinajstić information content (AvgIpc) is 2.02. The predicted molar refractivity (Wildman–Crippen MR) is 54.0 cm³/mol. The van der Waals surface area contributed by atoms with Crippen molar-refractivity contribution in [1.82, 2.24) is 0 Å². The lowest BCUT2D eigenvalue weighted by atomic mass is 10.2. The maximum atomic E-state index is 12.7. The van der Waals surface area contributed by atoms with Crippen molar-refractivity contribution in [2.75, 3.05) is 0 Å². The molecule has 72 valence electrons. The van der Waals surface area contributed by atoms with Crippen LogP contribution >= 0.6 is 15.9 Å². The van der Waals surface area contributed by atoms with Gasteiger partial charge in [0.15, 0.2) is 0 Å². The van der Waals surface area contributed by atoms with Gasteiger partial charge in [0.25, 0.3) is 0 Å². The van der Waals surface area contributed by atoms with Crippen molar-refractivity contribution >= 4 is 15.9 Å². The molecule has 0 aromatic heterocycles. The van der Waals surface area contributed by atoms with E-state index in [9.17, 15) is 4.39 Å². The highest BCUT2D eigenvalue weighted by molar-refractivity contribution is 9.10. The van der Waals surface area contributed by atoms with Gasteiger partial charge in [-0.25, -0.2) is 4.39 Å². The highest BCUT2D eigenvalue weighted by Gasteiger charge is 2.02. The fraction of sp³-hybridized carbons (Fsp3) is 0.400. The zero-order valence-corrected chi connectivity index (χ0v) is 9.27. The summed E-state index contributed by atoms with van der Waals surface area (Å²) in [6.07, 6.45) is 0.192. The molecule has 1 aromatic carbocycles. The van der Waals surface area contributed by atoms with Gasteiger partial charge in [-0.15, -0.1) is 0 Å². The minimum absolute atomic E-state index is 0.192. The topological polar surface area (TPSA) is 9.23 Å². The van der Waals surface area contributed by atoms with Crippen LogP contribution in [0.5, 0.6) is 0 Å². The van der Waals surface area contributed by atoms with Gasteiger partial charge in [-0.05, 0) is 31.5 Å². The molecule has 0 aliphatic carbocycles. The van der Waals surface area contributed by atoms with Crippen LogP contribution in [0.3, 0.4) is 0 Å². The van der Waals surface area contributed by atoms with Crippen LogP contribution < -0.4 is 0 Å². The normalized spacial score (nSPS) is 10.8. The summed E-state index contributed by atoms with van der Waals surface area (Å²) in [5.74, 6) is -0.236. The van der Waals surface area contributed by atoms with E-state index in [1.54, 1.807) is 6.07 Å². The van der Waals surface area contributed by atoms with Crippen LogP contribution in [-0.4, -0.2) is 6.10 Å². The molecule has 13 heavy (non-hydrogen) atoms. The Balaban J connectivity index is 2.67. The number of rotatable bonds is 3. The van der Waals surface area contributed by atoms with E-state index in [1.807, 2.05) is 13.8 Å². The third-order valence-electron chi connectivity index (χ3n) is 1.59. The van der Waals surface area contributed by atoms with E-state index < -0.39 is 0 Å². The molecule has 0 amide bonds. The van der Waals surface area contributed by atoms with Crippen LogP contribution in [-0.2, 0) is 11.3 Å². The average molecular weight is 247 g/mol. The maximum Gasteiger partial charge on any atom is 0.124 e. The summed E-state index contributed by atoms with van der Waals surface area (Å²) >= 11 is 3.28. The quantitative estimate of drug-likeness (QED) is 0.794. The van der Waals surface area contributed by atoms with E-state index in [-0.39, 0.29) is 11.9 Å². The summed E-state index contributed by atoms with van der Waals surface area (Å²) in [4.78, 5) is 0. The Kier molecular flexibility index (Phi) is 3.88. The van der Waals surface area contributed by atoms with Crippen LogP contribution in [0, 0.1) is 5.82 Å². The second-order valence-electron chi connectivity index (χ2n) is 3.10. The van der Waals surface area contributed by atoms with Crippen LogP contribution in [0.2, 0.25) is 0 Å².